The van der Waals surface area contributed by atoms with Crippen LogP contribution in [0.5, 0.6) is 0 Å². The predicted octanol–water partition coefficient (Wildman–Crippen LogP) is 3.21. The SMILES string of the molecule is COC[C@H](C)N/C(=N/C(=O)c1ccc(F)c(F)c1)Nc1[nH]nc2cc(F)ccc12. The number of benzene rings is 2. The van der Waals surface area contributed by atoms with Crippen LogP contribution in [0.1, 0.15) is 17.3 Å². The third-order valence-electron chi connectivity index (χ3n) is 3.94. The highest BCUT2D eigenvalue weighted by atomic mass is 19.2. The highest BCUT2D eigenvalue weighted by Gasteiger charge is 2.14. The van der Waals surface area contributed by atoms with Crippen LogP contribution < -0.4 is 10.6 Å². The largest absolute Gasteiger partial charge is 0.383 e. The molecule has 152 valence electrons. The Morgan fingerprint density at radius 3 is 2.72 bits per heavy atom. The first-order chi connectivity index (χ1) is 13.9. The molecule has 0 saturated carbocycles. The number of nitrogens with one attached hydrogen (secondary N) is 3. The fraction of sp³-hybridized carbons (Fsp3) is 0.211. The fourth-order valence-corrected chi connectivity index (χ4v) is 2.62. The number of aromatic nitrogens is 2. The molecule has 1 aromatic heterocycles. The second kappa shape index (κ2) is 8.74. The van der Waals surface area contributed by atoms with E-state index in [0.29, 0.717) is 23.3 Å². The van der Waals surface area contributed by atoms with Gasteiger partial charge < -0.3 is 15.4 Å². The van der Waals surface area contributed by atoms with Gasteiger partial charge in [0.15, 0.2) is 11.6 Å². The molecule has 0 aliphatic heterocycles. The molecule has 3 aromatic rings. The smallest absolute Gasteiger partial charge is 0.280 e. The van der Waals surface area contributed by atoms with Crippen molar-refractivity contribution < 1.29 is 22.7 Å². The monoisotopic (exact) mass is 405 g/mol. The molecule has 0 aliphatic carbocycles. The minimum atomic E-state index is -1.15. The lowest BCUT2D eigenvalue weighted by Crippen LogP contribution is -2.40. The normalized spacial score (nSPS) is 12.8. The van der Waals surface area contributed by atoms with Crippen molar-refractivity contribution >= 4 is 28.6 Å². The highest BCUT2D eigenvalue weighted by molar-refractivity contribution is 6.08. The van der Waals surface area contributed by atoms with Crippen LogP contribution in [0.25, 0.3) is 10.9 Å². The number of carbonyl (C=O) groups excluding carboxylic acids is 1. The van der Waals surface area contributed by atoms with Gasteiger partial charge in [-0.3, -0.25) is 9.89 Å². The number of fused-ring (bicyclic) bond motifs is 1. The van der Waals surface area contributed by atoms with Crippen LogP contribution in [0, 0.1) is 17.5 Å². The van der Waals surface area contributed by atoms with Crippen LogP contribution in [-0.4, -0.2) is 41.8 Å². The summed E-state index contributed by atoms with van der Waals surface area (Å²) >= 11 is 0. The zero-order valence-electron chi connectivity index (χ0n) is 15.6. The Balaban J connectivity index is 1.91. The Morgan fingerprint density at radius 1 is 1.21 bits per heavy atom. The van der Waals surface area contributed by atoms with Crippen molar-refractivity contribution in [3.63, 3.8) is 0 Å². The average Bonchev–Trinajstić information content (AvgIpc) is 3.05. The van der Waals surface area contributed by atoms with E-state index < -0.39 is 23.4 Å². The number of methoxy groups -OCH3 is 1. The topological polar surface area (TPSA) is 91.4 Å². The molecule has 0 spiro atoms. The second-order valence-electron chi connectivity index (χ2n) is 6.28. The number of ether oxygens (including phenoxy) is 1. The van der Waals surface area contributed by atoms with Gasteiger partial charge in [-0.25, -0.2) is 13.2 Å². The number of halogens is 3. The molecule has 1 heterocycles. The van der Waals surface area contributed by atoms with E-state index in [2.05, 4.69) is 25.8 Å². The Hall–Kier alpha value is -3.40. The van der Waals surface area contributed by atoms with Crippen LogP contribution in [0.15, 0.2) is 41.4 Å². The molecule has 0 radical (unpaired) electrons. The fourth-order valence-electron chi connectivity index (χ4n) is 2.62. The third-order valence-corrected chi connectivity index (χ3v) is 3.94. The number of carbonyl (C=O) groups is 1. The van der Waals surface area contributed by atoms with Crippen molar-refractivity contribution in [2.24, 2.45) is 4.99 Å². The van der Waals surface area contributed by atoms with E-state index in [9.17, 15) is 18.0 Å². The lowest BCUT2D eigenvalue weighted by molar-refractivity contribution is 0.100. The van der Waals surface area contributed by atoms with Gasteiger partial charge in [0, 0.05) is 30.2 Å². The number of amides is 1. The molecule has 0 saturated heterocycles. The number of H-pyrrole nitrogens is 1. The number of nitrogens with zero attached hydrogens (tertiary/aromatic N) is 2. The maximum Gasteiger partial charge on any atom is 0.280 e. The number of hydrogen-bond donors (Lipinski definition) is 3. The van der Waals surface area contributed by atoms with E-state index >= 15 is 0 Å². The van der Waals surface area contributed by atoms with Gasteiger partial charge in [0.25, 0.3) is 5.91 Å². The van der Waals surface area contributed by atoms with Gasteiger partial charge in [0.05, 0.1) is 12.1 Å². The number of hydrogen-bond acceptors (Lipinski definition) is 3. The first-order valence-corrected chi connectivity index (χ1v) is 8.61. The van der Waals surface area contributed by atoms with Gasteiger partial charge in [-0.05, 0) is 37.3 Å². The summed E-state index contributed by atoms with van der Waals surface area (Å²) in [7, 11) is 1.52. The maximum atomic E-state index is 13.4. The molecule has 0 bridgehead atoms. The number of guanidine groups is 1. The molecule has 3 rings (SSSR count). The Labute approximate surface area is 164 Å². The van der Waals surface area contributed by atoms with Crippen LogP contribution >= 0.6 is 0 Å². The molecule has 1 amide bonds. The predicted molar refractivity (Wildman–Crippen MR) is 102 cm³/mol. The van der Waals surface area contributed by atoms with E-state index in [1.54, 1.807) is 6.92 Å². The Kier molecular flexibility index (Phi) is 6.13. The molecule has 3 N–H and O–H groups in total. The zero-order chi connectivity index (χ0) is 21.0. The molecule has 7 nitrogen and oxygen atoms in total. The molecular weight excluding hydrogens is 387 g/mol. The Bertz CT molecular complexity index is 1070. The number of aliphatic imine (C=N–C) groups is 1. The van der Waals surface area contributed by atoms with Crippen LogP contribution in [-0.2, 0) is 4.74 Å². The summed E-state index contributed by atoms with van der Waals surface area (Å²) in [5.74, 6) is -3.05. The zero-order valence-corrected chi connectivity index (χ0v) is 15.6. The van der Waals surface area contributed by atoms with Crippen molar-refractivity contribution in [1.82, 2.24) is 15.5 Å². The molecule has 0 fully saturated rings. The molecule has 1 atom stereocenters. The summed E-state index contributed by atoms with van der Waals surface area (Å²) in [6.45, 7) is 2.11. The van der Waals surface area contributed by atoms with Gasteiger partial charge in [-0.15, -0.1) is 0 Å². The lowest BCUT2D eigenvalue weighted by atomic mass is 10.2. The third kappa shape index (κ3) is 4.91. The minimum Gasteiger partial charge on any atom is -0.383 e. The summed E-state index contributed by atoms with van der Waals surface area (Å²) in [5, 5.41) is 13.1. The van der Waals surface area contributed by atoms with Crippen molar-refractivity contribution in [3.8, 4) is 0 Å². The number of aromatic amines is 1. The summed E-state index contributed by atoms with van der Waals surface area (Å²) in [5.41, 5.74) is 0.254. The Morgan fingerprint density at radius 2 is 2.00 bits per heavy atom. The highest BCUT2D eigenvalue weighted by Crippen LogP contribution is 2.21. The van der Waals surface area contributed by atoms with Crippen molar-refractivity contribution in [1.29, 1.82) is 0 Å². The van der Waals surface area contributed by atoms with Gasteiger partial charge in [0.2, 0.25) is 5.96 Å². The minimum absolute atomic E-state index is 0.0270. The molecule has 0 unspecified atom stereocenters. The molecular formula is C19H18F3N5O2. The molecule has 29 heavy (non-hydrogen) atoms. The van der Waals surface area contributed by atoms with E-state index in [-0.39, 0.29) is 17.6 Å². The summed E-state index contributed by atoms with van der Waals surface area (Å²) < 4.78 is 45.0. The maximum absolute atomic E-state index is 13.4. The van der Waals surface area contributed by atoms with Crippen LogP contribution in [0.4, 0.5) is 19.0 Å². The van der Waals surface area contributed by atoms with E-state index in [0.717, 1.165) is 18.2 Å². The summed E-state index contributed by atoms with van der Waals surface area (Å²) in [6, 6.07) is 6.55. The lowest BCUT2D eigenvalue weighted by Gasteiger charge is -2.16. The van der Waals surface area contributed by atoms with Crippen molar-refractivity contribution in [2.75, 3.05) is 19.0 Å². The van der Waals surface area contributed by atoms with Gasteiger partial charge in [-0.1, -0.05) is 0 Å². The molecule has 10 heteroatoms. The second-order valence-corrected chi connectivity index (χ2v) is 6.28. The van der Waals surface area contributed by atoms with Crippen LogP contribution in [0.2, 0.25) is 0 Å². The van der Waals surface area contributed by atoms with Gasteiger partial charge in [-0.2, -0.15) is 10.1 Å². The summed E-state index contributed by atoms with van der Waals surface area (Å²) in [6.07, 6.45) is 0. The van der Waals surface area contributed by atoms with Crippen molar-refractivity contribution in [2.45, 2.75) is 13.0 Å². The average molecular weight is 405 g/mol. The van der Waals surface area contributed by atoms with E-state index in [4.69, 9.17) is 4.74 Å². The van der Waals surface area contributed by atoms with Gasteiger partial charge >= 0.3 is 0 Å². The number of anilines is 1. The quantitative estimate of drug-likeness (QED) is 0.448. The molecule has 2 aromatic carbocycles. The van der Waals surface area contributed by atoms with Gasteiger partial charge in [0.1, 0.15) is 11.6 Å². The van der Waals surface area contributed by atoms with E-state index in [1.807, 2.05) is 0 Å². The number of rotatable bonds is 5. The van der Waals surface area contributed by atoms with Crippen LogP contribution in [0.3, 0.4) is 0 Å². The standard InChI is InChI=1S/C19H18F3N5O2/c1-10(9-29-2)23-19(25-18(28)11-3-6-14(21)15(22)7-11)24-17-13-5-4-12(20)8-16(13)26-27-17/h3-8,10H,9H2,1-2H3,(H3,23,24,25,26,27,28)/t10-/m0/s1. The molecule has 0 aliphatic rings. The van der Waals surface area contributed by atoms with E-state index in [1.165, 1.54) is 25.3 Å². The summed E-state index contributed by atoms with van der Waals surface area (Å²) in [4.78, 5) is 16.4. The van der Waals surface area contributed by atoms with Crippen molar-refractivity contribution in [3.05, 3.63) is 59.4 Å². The first-order valence-electron chi connectivity index (χ1n) is 8.61. The first kappa shape index (κ1) is 20.3.